The third-order valence-electron chi connectivity index (χ3n) is 1.93. The van der Waals surface area contributed by atoms with E-state index in [0.29, 0.717) is 37.6 Å². The Bertz CT molecular complexity index is 553. The summed E-state index contributed by atoms with van der Waals surface area (Å²) < 4.78 is 0. The lowest BCUT2D eigenvalue weighted by atomic mass is 10.2. The largest absolute Gasteiger partial charge is 0.295 e. The van der Waals surface area contributed by atoms with Crippen LogP contribution in [0.2, 0.25) is 15.1 Å². The number of hydrogen-bond acceptors (Lipinski definition) is 3. The monoisotopic (exact) mass is 291 g/mol. The Kier molecular flexibility index (Phi) is 3.50. The predicted octanol–water partition coefficient (Wildman–Crippen LogP) is 4.58. The van der Waals surface area contributed by atoms with Crippen molar-refractivity contribution in [1.82, 2.24) is 4.98 Å². The summed E-state index contributed by atoms with van der Waals surface area (Å²) in [6.45, 7) is 0. The van der Waals surface area contributed by atoms with Crippen LogP contribution in [0.5, 0.6) is 0 Å². The molecule has 1 aromatic heterocycles. The van der Waals surface area contributed by atoms with Crippen molar-refractivity contribution < 1.29 is 4.79 Å². The van der Waals surface area contributed by atoms with E-state index in [1.165, 1.54) is 11.3 Å². The van der Waals surface area contributed by atoms with Crippen molar-refractivity contribution in [1.29, 1.82) is 0 Å². The quantitative estimate of drug-likeness (QED) is 0.599. The molecule has 0 bridgehead atoms. The molecule has 2 aromatic rings. The van der Waals surface area contributed by atoms with Crippen LogP contribution in [0.3, 0.4) is 0 Å². The van der Waals surface area contributed by atoms with Crippen LogP contribution >= 0.6 is 46.1 Å². The van der Waals surface area contributed by atoms with Crippen molar-refractivity contribution in [3.63, 3.8) is 0 Å². The zero-order valence-corrected chi connectivity index (χ0v) is 10.8. The fourth-order valence-electron chi connectivity index (χ4n) is 1.19. The van der Waals surface area contributed by atoms with Crippen molar-refractivity contribution in [3.05, 3.63) is 37.6 Å². The number of benzene rings is 1. The lowest BCUT2D eigenvalue weighted by Crippen LogP contribution is -1.83. The number of aldehydes is 1. The number of hydrogen-bond donors (Lipinski definition) is 0. The fourth-order valence-corrected chi connectivity index (χ4v) is 2.44. The first-order valence-electron chi connectivity index (χ1n) is 4.18. The van der Waals surface area contributed by atoms with Crippen LogP contribution in [-0.2, 0) is 0 Å². The molecule has 0 aliphatic rings. The van der Waals surface area contributed by atoms with Crippen LogP contribution in [0.25, 0.3) is 11.3 Å². The lowest BCUT2D eigenvalue weighted by Gasteiger charge is -2.04. The van der Waals surface area contributed by atoms with E-state index >= 15 is 0 Å². The van der Waals surface area contributed by atoms with Gasteiger partial charge in [0.15, 0.2) is 11.3 Å². The average Bonchev–Trinajstić information content (AvgIpc) is 2.74. The second kappa shape index (κ2) is 4.72. The highest BCUT2D eigenvalue weighted by atomic mass is 35.5. The molecule has 1 heterocycles. The molecule has 0 spiro atoms. The normalized spacial score (nSPS) is 10.4. The van der Waals surface area contributed by atoms with Gasteiger partial charge in [-0.3, -0.25) is 4.79 Å². The summed E-state index contributed by atoms with van der Waals surface area (Å²) in [4.78, 5) is 14.6. The molecule has 2 rings (SSSR count). The molecule has 82 valence electrons. The summed E-state index contributed by atoms with van der Waals surface area (Å²) >= 11 is 19.0. The molecule has 0 amide bonds. The van der Waals surface area contributed by atoms with Crippen molar-refractivity contribution in [2.75, 3.05) is 0 Å². The van der Waals surface area contributed by atoms with Crippen LogP contribution in [-0.4, -0.2) is 11.3 Å². The SMILES string of the molecule is O=Cc1nc(-c2ccc(Cl)c(Cl)c2Cl)cs1. The molecule has 0 N–H and O–H groups in total. The Morgan fingerprint density at radius 3 is 2.56 bits per heavy atom. The van der Waals surface area contributed by atoms with E-state index in [2.05, 4.69) is 4.98 Å². The Morgan fingerprint density at radius 2 is 1.94 bits per heavy atom. The maximum Gasteiger partial charge on any atom is 0.178 e. The first-order valence-corrected chi connectivity index (χ1v) is 6.19. The van der Waals surface area contributed by atoms with E-state index in [4.69, 9.17) is 34.8 Å². The zero-order chi connectivity index (χ0) is 11.7. The minimum Gasteiger partial charge on any atom is -0.295 e. The van der Waals surface area contributed by atoms with Crippen LogP contribution in [0.1, 0.15) is 9.80 Å². The van der Waals surface area contributed by atoms with Gasteiger partial charge in [0.1, 0.15) is 0 Å². The second-order valence-electron chi connectivity index (χ2n) is 2.91. The Balaban J connectivity index is 2.56. The Morgan fingerprint density at radius 1 is 1.19 bits per heavy atom. The highest BCUT2D eigenvalue weighted by Crippen LogP contribution is 2.37. The number of rotatable bonds is 2. The summed E-state index contributed by atoms with van der Waals surface area (Å²) in [5, 5.41) is 3.17. The summed E-state index contributed by atoms with van der Waals surface area (Å²) in [7, 11) is 0. The third kappa shape index (κ3) is 2.09. The van der Waals surface area contributed by atoms with Gasteiger partial charge in [-0.2, -0.15) is 0 Å². The van der Waals surface area contributed by atoms with Gasteiger partial charge in [-0.1, -0.05) is 34.8 Å². The van der Waals surface area contributed by atoms with E-state index in [9.17, 15) is 4.79 Å². The molecule has 0 unspecified atom stereocenters. The first-order chi connectivity index (χ1) is 7.63. The molecule has 0 atom stereocenters. The van der Waals surface area contributed by atoms with Crippen molar-refractivity contribution in [2.45, 2.75) is 0 Å². The maximum absolute atomic E-state index is 10.5. The number of halogens is 3. The first kappa shape index (κ1) is 11.9. The van der Waals surface area contributed by atoms with E-state index in [1.807, 2.05) is 0 Å². The average molecular weight is 293 g/mol. The minimum atomic E-state index is 0.293. The van der Waals surface area contributed by atoms with E-state index in [1.54, 1.807) is 17.5 Å². The summed E-state index contributed by atoms with van der Waals surface area (Å²) in [5.74, 6) is 0. The van der Waals surface area contributed by atoms with Crippen molar-refractivity contribution in [3.8, 4) is 11.3 Å². The van der Waals surface area contributed by atoms with Crippen molar-refractivity contribution in [2.24, 2.45) is 0 Å². The molecule has 0 saturated heterocycles. The van der Waals surface area contributed by atoms with Gasteiger partial charge in [0.25, 0.3) is 0 Å². The van der Waals surface area contributed by atoms with Crippen molar-refractivity contribution >= 4 is 52.4 Å². The maximum atomic E-state index is 10.5. The van der Waals surface area contributed by atoms with Crippen LogP contribution < -0.4 is 0 Å². The molecule has 6 heteroatoms. The number of carbonyl (C=O) groups excluding carboxylic acids is 1. The molecule has 1 aromatic carbocycles. The van der Waals surface area contributed by atoms with Gasteiger partial charge in [-0.25, -0.2) is 4.98 Å². The summed E-state index contributed by atoms with van der Waals surface area (Å²) in [5.41, 5.74) is 1.29. The van der Waals surface area contributed by atoms with Crippen LogP contribution in [0.15, 0.2) is 17.5 Å². The van der Waals surface area contributed by atoms with Gasteiger partial charge in [0, 0.05) is 10.9 Å². The van der Waals surface area contributed by atoms with Crippen LogP contribution in [0.4, 0.5) is 0 Å². The van der Waals surface area contributed by atoms with Crippen LogP contribution in [0, 0.1) is 0 Å². The van der Waals surface area contributed by atoms with E-state index < -0.39 is 0 Å². The molecular weight excluding hydrogens is 289 g/mol. The van der Waals surface area contributed by atoms with Gasteiger partial charge in [-0.15, -0.1) is 11.3 Å². The van der Waals surface area contributed by atoms with Gasteiger partial charge < -0.3 is 0 Å². The summed E-state index contributed by atoms with van der Waals surface area (Å²) in [6.07, 6.45) is 0.694. The number of thiazole rings is 1. The smallest absolute Gasteiger partial charge is 0.178 e. The predicted molar refractivity (Wildman–Crippen MR) is 68.0 cm³/mol. The molecule has 0 saturated carbocycles. The fraction of sp³-hybridized carbons (Fsp3) is 0. The number of aromatic nitrogens is 1. The lowest BCUT2D eigenvalue weighted by molar-refractivity contribution is 0.112. The number of nitrogens with zero attached hydrogens (tertiary/aromatic N) is 1. The topological polar surface area (TPSA) is 30.0 Å². The van der Waals surface area contributed by atoms with Gasteiger partial charge in [0.05, 0.1) is 20.8 Å². The highest BCUT2D eigenvalue weighted by Gasteiger charge is 2.12. The van der Waals surface area contributed by atoms with Gasteiger partial charge >= 0.3 is 0 Å². The Labute approximate surface area is 111 Å². The molecule has 2 nitrogen and oxygen atoms in total. The second-order valence-corrected chi connectivity index (χ2v) is 4.96. The molecule has 0 fully saturated rings. The zero-order valence-electron chi connectivity index (χ0n) is 7.71. The van der Waals surface area contributed by atoms with E-state index in [-0.39, 0.29) is 0 Å². The molecule has 0 radical (unpaired) electrons. The highest BCUT2D eigenvalue weighted by molar-refractivity contribution is 7.11. The van der Waals surface area contributed by atoms with Gasteiger partial charge in [-0.05, 0) is 12.1 Å². The minimum absolute atomic E-state index is 0.293. The molecule has 16 heavy (non-hydrogen) atoms. The van der Waals surface area contributed by atoms with Gasteiger partial charge in [0.2, 0.25) is 0 Å². The standard InChI is InChI=1S/C10H4Cl3NOS/c11-6-2-1-5(9(12)10(6)13)7-4-16-8(3-15)14-7/h1-4H. The van der Waals surface area contributed by atoms with E-state index in [0.717, 1.165) is 0 Å². The number of carbonyl (C=O) groups is 1. The molecule has 0 aliphatic heterocycles. The molecular formula is C10H4Cl3NOS. The Hall–Kier alpha value is -0.610. The molecule has 0 aliphatic carbocycles. The third-order valence-corrected chi connectivity index (χ3v) is 4.00. The summed E-state index contributed by atoms with van der Waals surface area (Å²) in [6, 6.07) is 3.37.